The van der Waals surface area contributed by atoms with Crippen LogP contribution < -0.4 is 4.84 Å². The van der Waals surface area contributed by atoms with Crippen LogP contribution in [0.5, 0.6) is 0 Å². The highest BCUT2D eigenvalue weighted by Crippen LogP contribution is 2.23. The quantitative estimate of drug-likeness (QED) is 0.471. The van der Waals surface area contributed by atoms with Gasteiger partial charge >= 0.3 is 11.8 Å². The number of hydrogen-bond acceptors (Lipinski definition) is 5. The Labute approximate surface area is 111 Å². The summed E-state index contributed by atoms with van der Waals surface area (Å²) < 4.78 is 13.5. The van der Waals surface area contributed by atoms with Crippen LogP contribution in [-0.2, 0) is 0 Å². The van der Waals surface area contributed by atoms with Crippen LogP contribution in [0.2, 0.25) is 5.15 Å². The Kier molecular flexibility index (Phi) is 3.84. The molecule has 0 saturated carbocycles. The minimum Gasteiger partial charge on any atom is -0.297 e. The first-order valence-corrected chi connectivity index (χ1v) is 5.89. The van der Waals surface area contributed by atoms with E-state index in [0.29, 0.717) is 17.7 Å². The number of amides is 1. The fourth-order valence-corrected chi connectivity index (χ4v) is 1.91. The second kappa shape index (κ2) is 5.39. The van der Waals surface area contributed by atoms with Gasteiger partial charge in [0.2, 0.25) is 5.15 Å². The van der Waals surface area contributed by atoms with E-state index in [9.17, 15) is 19.3 Å². The Bertz CT molecular complexity index is 508. The number of hydrogen-bond donors (Lipinski definition) is 0. The van der Waals surface area contributed by atoms with Gasteiger partial charge in [0.1, 0.15) is 6.20 Å². The van der Waals surface area contributed by atoms with E-state index in [2.05, 4.69) is 5.10 Å². The van der Waals surface area contributed by atoms with Crippen molar-refractivity contribution in [3.63, 3.8) is 0 Å². The molecule has 1 fully saturated rings. The third-order valence-electron chi connectivity index (χ3n) is 2.69. The van der Waals surface area contributed by atoms with Gasteiger partial charge in [-0.05, 0) is 19.3 Å². The summed E-state index contributed by atoms with van der Waals surface area (Å²) in [5.41, 5.74) is -0.495. The minimum absolute atomic E-state index is 0.223. The largest absolute Gasteiger partial charge is 0.438 e. The lowest BCUT2D eigenvalue weighted by Crippen LogP contribution is -2.45. The first-order chi connectivity index (χ1) is 9.00. The predicted molar refractivity (Wildman–Crippen MR) is 61.3 cm³/mol. The van der Waals surface area contributed by atoms with Crippen LogP contribution in [-0.4, -0.2) is 38.7 Å². The molecule has 0 spiro atoms. The summed E-state index contributed by atoms with van der Waals surface area (Å²) in [6, 6.07) is 0. The normalized spacial score (nSPS) is 19.3. The van der Waals surface area contributed by atoms with Gasteiger partial charge in [-0.25, -0.2) is 9.18 Å². The highest BCUT2D eigenvalue weighted by Gasteiger charge is 2.30. The van der Waals surface area contributed by atoms with Crippen LogP contribution >= 0.6 is 11.6 Å². The SMILES string of the molecule is O=C(On1ncc([N+](=O)[O-])c1Cl)N1CCCCC1F. The van der Waals surface area contributed by atoms with Crippen molar-refractivity contribution in [1.29, 1.82) is 0 Å². The number of likely N-dealkylation sites (tertiary alicyclic amines) is 1. The zero-order chi connectivity index (χ0) is 14.0. The zero-order valence-electron chi connectivity index (χ0n) is 9.66. The lowest BCUT2D eigenvalue weighted by molar-refractivity contribution is -0.384. The van der Waals surface area contributed by atoms with E-state index in [-0.39, 0.29) is 13.0 Å². The molecule has 19 heavy (non-hydrogen) atoms. The standard InChI is InChI=1S/C9H10ClFN4O4/c10-8-6(15(17)18)5-12-14(8)19-9(16)13-4-2-1-3-7(13)11/h5,7H,1-4H2. The van der Waals surface area contributed by atoms with Crippen molar-refractivity contribution in [2.45, 2.75) is 25.6 Å². The van der Waals surface area contributed by atoms with Crippen molar-refractivity contribution in [3.8, 4) is 0 Å². The molecule has 1 aliphatic heterocycles. The van der Waals surface area contributed by atoms with E-state index in [4.69, 9.17) is 16.4 Å². The number of halogens is 2. The summed E-state index contributed by atoms with van der Waals surface area (Å²) in [5, 5.41) is 13.5. The monoisotopic (exact) mass is 292 g/mol. The van der Waals surface area contributed by atoms with Crippen LogP contribution in [0.1, 0.15) is 19.3 Å². The molecule has 0 radical (unpaired) electrons. The average molecular weight is 293 g/mol. The fraction of sp³-hybridized carbons (Fsp3) is 0.556. The van der Waals surface area contributed by atoms with Crippen molar-refractivity contribution in [2.75, 3.05) is 6.54 Å². The molecule has 1 saturated heterocycles. The molecule has 0 N–H and O–H groups in total. The fourth-order valence-electron chi connectivity index (χ4n) is 1.72. The summed E-state index contributed by atoms with van der Waals surface area (Å²) in [6.45, 7) is 0.223. The van der Waals surface area contributed by atoms with E-state index in [1.54, 1.807) is 0 Å². The van der Waals surface area contributed by atoms with Gasteiger partial charge in [-0.2, -0.15) is 0 Å². The lowest BCUT2D eigenvalue weighted by atomic mass is 10.1. The number of alkyl halides is 1. The van der Waals surface area contributed by atoms with E-state index < -0.39 is 28.2 Å². The Balaban J connectivity index is 2.08. The van der Waals surface area contributed by atoms with Gasteiger partial charge in [-0.1, -0.05) is 16.4 Å². The molecule has 1 atom stereocenters. The van der Waals surface area contributed by atoms with E-state index in [1.165, 1.54) is 0 Å². The first kappa shape index (κ1) is 13.5. The van der Waals surface area contributed by atoms with E-state index in [0.717, 1.165) is 11.1 Å². The molecule has 10 heteroatoms. The van der Waals surface area contributed by atoms with Crippen molar-refractivity contribution in [2.24, 2.45) is 0 Å². The van der Waals surface area contributed by atoms with Crippen molar-refractivity contribution < 1.29 is 18.9 Å². The number of piperidine rings is 1. The second-order valence-corrected chi connectivity index (χ2v) is 4.29. The molecule has 1 unspecified atom stereocenters. The molecule has 2 rings (SSSR count). The molecule has 0 aromatic carbocycles. The van der Waals surface area contributed by atoms with Gasteiger partial charge in [0.05, 0.1) is 4.92 Å². The number of aromatic nitrogens is 2. The van der Waals surface area contributed by atoms with Crippen molar-refractivity contribution >= 4 is 23.4 Å². The molecule has 1 aliphatic rings. The van der Waals surface area contributed by atoms with Gasteiger partial charge in [-0.15, -0.1) is 5.10 Å². The highest BCUT2D eigenvalue weighted by atomic mass is 35.5. The number of nitrogens with zero attached hydrogens (tertiary/aromatic N) is 4. The summed E-state index contributed by atoms with van der Waals surface area (Å²) in [6.07, 6.45) is 0.0418. The van der Waals surface area contributed by atoms with Crippen LogP contribution in [0.3, 0.4) is 0 Å². The Hall–Kier alpha value is -1.90. The van der Waals surface area contributed by atoms with Gasteiger partial charge in [0, 0.05) is 6.54 Å². The minimum atomic E-state index is -1.43. The molecule has 1 aromatic heterocycles. The maximum atomic E-state index is 13.5. The molecule has 0 bridgehead atoms. The molecule has 1 amide bonds. The summed E-state index contributed by atoms with van der Waals surface area (Å²) >= 11 is 5.61. The summed E-state index contributed by atoms with van der Waals surface area (Å²) in [7, 11) is 0. The average Bonchev–Trinajstić information content (AvgIpc) is 2.71. The van der Waals surface area contributed by atoms with Crippen LogP contribution in [0.4, 0.5) is 14.9 Å². The zero-order valence-corrected chi connectivity index (χ0v) is 10.4. The second-order valence-electron chi connectivity index (χ2n) is 3.93. The van der Waals surface area contributed by atoms with E-state index >= 15 is 0 Å². The molecular formula is C9H10ClFN4O4. The topological polar surface area (TPSA) is 90.5 Å². The third kappa shape index (κ3) is 2.75. The van der Waals surface area contributed by atoms with Crippen molar-refractivity contribution in [3.05, 3.63) is 21.5 Å². The van der Waals surface area contributed by atoms with Crippen LogP contribution in [0.15, 0.2) is 6.20 Å². The molecule has 8 nitrogen and oxygen atoms in total. The lowest BCUT2D eigenvalue weighted by Gasteiger charge is -2.28. The Morgan fingerprint density at radius 1 is 1.63 bits per heavy atom. The van der Waals surface area contributed by atoms with Gasteiger partial charge < -0.3 is 0 Å². The van der Waals surface area contributed by atoms with Gasteiger partial charge in [0.25, 0.3) is 0 Å². The maximum absolute atomic E-state index is 13.5. The highest BCUT2D eigenvalue weighted by molar-refractivity contribution is 6.31. The maximum Gasteiger partial charge on any atom is 0.438 e. The number of carbonyl (C=O) groups excluding carboxylic acids is 1. The van der Waals surface area contributed by atoms with Crippen molar-refractivity contribution in [1.82, 2.24) is 14.8 Å². The first-order valence-electron chi connectivity index (χ1n) is 5.51. The smallest absolute Gasteiger partial charge is 0.297 e. The third-order valence-corrected chi connectivity index (χ3v) is 3.03. The van der Waals surface area contributed by atoms with Crippen LogP contribution in [0.25, 0.3) is 0 Å². The molecular weight excluding hydrogens is 283 g/mol. The summed E-state index contributed by atoms with van der Waals surface area (Å²) in [5.74, 6) is 0. The number of nitro groups is 1. The number of rotatable bonds is 2. The molecule has 2 heterocycles. The molecule has 104 valence electrons. The van der Waals surface area contributed by atoms with E-state index in [1.807, 2.05) is 0 Å². The molecule has 0 aliphatic carbocycles. The predicted octanol–water partition coefficient (Wildman–Crippen LogP) is 1.77. The Morgan fingerprint density at radius 2 is 2.37 bits per heavy atom. The van der Waals surface area contributed by atoms with Gasteiger partial charge in [0.15, 0.2) is 6.30 Å². The molecule has 1 aromatic rings. The Morgan fingerprint density at radius 3 is 2.95 bits per heavy atom. The van der Waals surface area contributed by atoms with Crippen LogP contribution in [0, 0.1) is 10.1 Å². The summed E-state index contributed by atoms with van der Waals surface area (Å²) in [4.78, 5) is 27.6. The van der Waals surface area contributed by atoms with Gasteiger partial charge in [-0.3, -0.25) is 19.9 Å². The number of carbonyl (C=O) groups is 1.